The van der Waals surface area contributed by atoms with Gasteiger partial charge in [-0.05, 0) is 6.07 Å². The molecule has 1 aromatic heterocycles. The molecule has 1 heterocycles. The van der Waals surface area contributed by atoms with Gasteiger partial charge in [-0.25, -0.2) is 18.6 Å². The third kappa shape index (κ3) is 2.49. The van der Waals surface area contributed by atoms with Crippen molar-refractivity contribution in [2.45, 2.75) is 6.43 Å². The van der Waals surface area contributed by atoms with E-state index in [2.05, 4.69) is 9.72 Å². The standard InChI is InChI=1S/C8H5F3N2O4/c1-17-8(14)3-2-4(6(9)10)12-7(11)5(3)13(15)16/h2,6H,1H3. The third-order valence-electron chi connectivity index (χ3n) is 1.78. The Morgan fingerprint density at radius 2 is 2.18 bits per heavy atom. The van der Waals surface area contributed by atoms with Crippen LogP contribution in [-0.4, -0.2) is 23.0 Å². The van der Waals surface area contributed by atoms with Gasteiger partial charge < -0.3 is 4.74 Å². The molecule has 0 saturated carbocycles. The van der Waals surface area contributed by atoms with Gasteiger partial charge in [0.2, 0.25) is 0 Å². The molecule has 92 valence electrons. The summed E-state index contributed by atoms with van der Waals surface area (Å²) in [6, 6.07) is 0.428. The Labute approximate surface area is 92.2 Å². The minimum absolute atomic E-state index is 0.428. The minimum atomic E-state index is -3.16. The summed E-state index contributed by atoms with van der Waals surface area (Å²) in [5.41, 5.74) is -3.27. The Morgan fingerprint density at radius 1 is 1.59 bits per heavy atom. The first-order chi connectivity index (χ1) is 7.88. The Balaban J connectivity index is 3.50. The van der Waals surface area contributed by atoms with Crippen LogP contribution in [0.3, 0.4) is 0 Å². The topological polar surface area (TPSA) is 82.3 Å². The van der Waals surface area contributed by atoms with Gasteiger partial charge in [-0.15, -0.1) is 0 Å². The van der Waals surface area contributed by atoms with E-state index in [1.54, 1.807) is 0 Å². The van der Waals surface area contributed by atoms with Gasteiger partial charge in [0.25, 0.3) is 12.4 Å². The normalized spacial score (nSPS) is 10.4. The summed E-state index contributed by atoms with van der Waals surface area (Å²) in [7, 11) is 0.881. The second kappa shape index (κ2) is 4.76. The molecule has 17 heavy (non-hydrogen) atoms. The zero-order chi connectivity index (χ0) is 13.2. The van der Waals surface area contributed by atoms with Crippen molar-refractivity contribution in [2.75, 3.05) is 7.11 Å². The molecule has 1 rings (SSSR count). The summed E-state index contributed by atoms with van der Waals surface area (Å²) in [6.45, 7) is 0. The van der Waals surface area contributed by atoms with Crippen LogP contribution in [0.1, 0.15) is 22.5 Å². The van der Waals surface area contributed by atoms with E-state index in [0.29, 0.717) is 6.07 Å². The molecule has 0 aliphatic carbocycles. The Morgan fingerprint density at radius 3 is 2.59 bits per heavy atom. The summed E-state index contributed by atoms with van der Waals surface area (Å²) in [6.07, 6.45) is -3.16. The molecule has 0 fully saturated rings. The van der Waals surface area contributed by atoms with Crippen LogP contribution in [0.15, 0.2) is 6.07 Å². The SMILES string of the molecule is COC(=O)c1cc(C(F)F)nc(F)c1[N+](=O)[O-]. The fourth-order valence-electron chi connectivity index (χ4n) is 1.08. The van der Waals surface area contributed by atoms with Gasteiger partial charge in [-0.2, -0.15) is 4.39 Å². The molecule has 0 aliphatic rings. The maximum Gasteiger partial charge on any atom is 0.345 e. The lowest BCUT2D eigenvalue weighted by molar-refractivity contribution is -0.388. The Bertz CT molecular complexity index is 478. The molecule has 0 saturated heterocycles. The summed E-state index contributed by atoms with van der Waals surface area (Å²) < 4.78 is 41.8. The van der Waals surface area contributed by atoms with E-state index >= 15 is 0 Å². The van der Waals surface area contributed by atoms with Crippen LogP contribution >= 0.6 is 0 Å². The van der Waals surface area contributed by atoms with Crippen molar-refractivity contribution in [3.63, 3.8) is 0 Å². The highest BCUT2D eigenvalue weighted by Crippen LogP contribution is 2.27. The molecular formula is C8H5F3N2O4. The van der Waals surface area contributed by atoms with Gasteiger partial charge in [0.1, 0.15) is 11.3 Å². The highest BCUT2D eigenvalue weighted by Gasteiger charge is 2.30. The van der Waals surface area contributed by atoms with Crippen LogP contribution in [0.4, 0.5) is 18.9 Å². The summed E-state index contributed by atoms with van der Waals surface area (Å²) in [5.74, 6) is -3.05. The van der Waals surface area contributed by atoms with Crippen LogP contribution in [0.25, 0.3) is 0 Å². The van der Waals surface area contributed by atoms with E-state index < -0.39 is 40.2 Å². The number of pyridine rings is 1. The number of nitrogens with zero attached hydrogens (tertiary/aromatic N) is 2. The van der Waals surface area contributed by atoms with Crippen LogP contribution in [0, 0.1) is 16.1 Å². The second-order valence-corrected chi connectivity index (χ2v) is 2.78. The molecule has 0 aromatic carbocycles. The molecule has 1 aromatic rings. The number of ether oxygens (including phenoxy) is 1. The van der Waals surface area contributed by atoms with Crippen LogP contribution in [0.2, 0.25) is 0 Å². The van der Waals surface area contributed by atoms with Gasteiger partial charge >= 0.3 is 11.7 Å². The van der Waals surface area contributed by atoms with Crippen LogP contribution in [-0.2, 0) is 4.74 Å². The number of carbonyl (C=O) groups is 1. The number of alkyl halides is 2. The van der Waals surface area contributed by atoms with Crippen molar-refractivity contribution in [1.29, 1.82) is 0 Å². The molecule has 6 nitrogen and oxygen atoms in total. The summed E-state index contributed by atoms with van der Waals surface area (Å²) >= 11 is 0. The first-order valence-electron chi connectivity index (χ1n) is 4.09. The third-order valence-corrected chi connectivity index (χ3v) is 1.78. The number of aromatic nitrogens is 1. The maximum atomic E-state index is 13.1. The zero-order valence-corrected chi connectivity index (χ0v) is 8.32. The highest BCUT2D eigenvalue weighted by molar-refractivity contribution is 5.93. The van der Waals surface area contributed by atoms with Gasteiger partial charge in [0.05, 0.1) is 12.0 Å². The lowest BCUT2D eigenvalue weighted by Gasteiger charge is -2.04. The van der Waals surface area contributed by atoms with Crippen molar-refractivity contribution < 1.29 is 27.6 Å². The van der Waals surface area contributed by atoms with Crippen molar-refractivity contribution in [1.82, 2.24) is 4.98 Å². The van der Waals surface area contributed by atoms with Crippen LogP contribution in [0.5, 0.6) is 0 Å². The van der Waals surface area contributed by atoms with Gasteiger partial charge in [-0.3, -0.25) is 10.1 Å². The van der Waals surface area contributed by atoms with Crippen molar-refractivity contribution in [3.05, 3.63) is 33.4 Å². The average molecular weight is 250 g/mol. The van der Waals surface area contributed by atoms with E-state index in [9.17, 15) is 28.1 Å². The predicted molar refractivity (Wildman–Crippen MR) is 47.1 cm³/mol. The number of halogens is 3. The van der Waals surface area contributed by atoms with E-state index in [4.69, 9.17) is 0 Å². The molecule has 0 radical (unpaired) electrons. The number of carbonyl (C=O) groups excluding carboxylic acids is 1. The molecule has 0 amide bonds. The van der Waals surface area contributed by atoms with Gasteiger partial charge in [0.15, 0.2) is 0 Å². The number of esters is 1. The molecule has 0 unspecified atom stereocenters. The first-order valence-corrected chi connectivity index (χ1v) is 4.09. The number of hydrogen-bond acceptors (Lipinski definition) is 5. The Kier molecular flexibility index (Phi) is 3.61. The van der Waals surface area contributed by atoms with E-state index in [-0.39, 0.29) is 0 Å². The van der Waals surface area contributed by atoms with Gasteiger partial charge in [-0.1, -0.05) is 0 Å². The monoisotopic (exact) mass is 250 g/mol. The predicted octanol–water partition coefficient (Wildman–Crippen LogP) is 1.85. The van der Waals surface area contributed by atoms with Crippen molar-refractivity contribution in [2.24, 2.45) is 0 Å². The van der Waals surface area contributed by atoms with Crippen molar-refractivity contribution >= 4 is 11.7 Å². The zero-order valence-electron chi connectivity index (χ0n) is 8.32. The Hall–Kier alpha value is -2.19. The maximum absolute atomic E-state index is 13.1. The number of methoxy groups -OCH3 is 1. The molecule has 9 heteroatoms. The molecule has 0 bridgehead atoms. The summed E-state index contributed by atoms with van der Waals surface area (Å²) in [5, 5.41) is 10.5. The fraction of sp³-hybridized carbons (Fsp3) is 0.250. The number of nitro groups is 1. The first kappa shape index (κ1) is 12.9. The van der Waals surface area contributed by atoms with E-state index in [0.717, 1.165) is 7.11 Å². The number of hydrogen-bond donors (Lipinski definition) is 0. The average Bonchev–Trinajstić information content (AvgIpc) is 2.26. The van der Waals surface area contributed by atoms with Gasteiger partial charge in [0, 0.05) is 0 Å². The highest BCUT2D eigenvalue weighted by atomic mass is 19.3. The van der Waals surface area contributed by atoms with Crippen LogP contribution < -0.4 is 0 Å². The lowest BCUT2D eigenvalue weighted by Crippen LogP contribution is -2.10. The molecule has 0 aliphatic heterocycles. The largest absolute Gasteiger partial charge is 0.465 e. The quantitative estimate of drug-likeness (QED) is 0.354. The fourth-order valence-corrected chi connectivity index (χ4v) is 1.08. The second-order valence-electron chi connectivity index (χ2n) is 2.78. The van der Waals surface area contributed by atoms with E-state index in [1.807, 2.05) is 0 Å². The molecule has 0 N–H and O–H groups in total. The van der Waals surface area contributed by atoms with Crippen molar-refractivity contribution in [3.8, 4) is 0 Å². The summed E-state index contributed by atoms with van der Waals surface area (Å²) in [4.78, 5) is 23.0. The molecule has 0 atom stereocenters. The number of rotatable bonds is 3. The minimum Gasteiger partial charge on any atom is -0.465 e. The molecular weight excluding hydrogens is 245 g/mol. The van der Waals surface area contributed by atoms with E-state index in [1.165, 1.54) is 0 Å². The smallest absolute Gasteiger partial charge is 0.345 e. The molecule has 0 spiro atoms. The lowest BCUT2D eigenvalue weighted by atomic mass is 10.2.